The lowest BCUT2D eigenvalue weighted by atomic mass is 10.0. The summed E-state index contributed by atoms with van der Waals surface area (Å²) in [5.41, 5.74) is 8.51. The van der Waals surface area contributed by atoms with Gasteiger partial charge in [-0.05, 0) is 26.0 Å². The summed E-state index contributed by atoms with van der Waals surface area (Å²) in [7, 11) is 0. The van der Waals surface area contributed by atoms with Gasteiger partial charge < -0.3 is 5.73 Å². The highest BCUT2D eigenvalue weighted by Gasteiger charge is 2.13. The minimum absolute atomic E-state index is 0.239. The number of hydrogen-bond donors (Lipinski definition) is 1. The van der Waals surface area contributed by atoms with Gasteiger partial charge in [0.2, 0.25) is 0 Å². The van der Waals surface area contributed by atoms with Gasteiger partial charge in [0.1, 0.15) is 0 Å². The summed E-state index contributed by atoms with van der Waals surface area (Å²) in [6.07, 6.45) is 2.54. The van der Waals surface area contributed by atoms with E-state index in [-0.39, 0.29) is 5.54 Å². The van der Waals surface area contributed by atoms with Crippen LogP contribution in [0.4, 0.5) is 0 Å². The molecule has 2 rings (SSSR count). The van der Waals surface area contributed by atoms with E-state index in [1.54, 1.807) is 6.20 Å². The van der Waals surface area contributed by atoms with Gasteiger partial charge in [0.25, 0.3) is 0 Å². The molecule has 0 spiro atoms. The maximum atomic E-state index is 5.94. The number of fused-ring (bicyclic) bond motifs is 1. The second-order valence-corrected chi connectivity index (χ2v) is 4.52. The smallest absolute Gasteiger partial charge is 0.0890 e. The fourth-order valence-corrected chi connectivity index (χ4v) is 1.55. The molecule has 0 fully saturated rings. The Morgan fingerprint density at radius 1 is 1.20 bits per heavy atom. The van der Waals surface area contributed by atoms with Crippen molar-refractivity contribution in [1.29, 1.82) is 0 Å². The van der Waals surface area contributed by atoms with E-state index in [0.29, 0.717) is 0 Å². The number of aromatic nitrogens is 2. The molecule has 2 N–H and O–H groups in total. The number of nitrogens with two attached hydrogens (primary N) is 1. The zero-order valence-electron chi connectivity index (χ0n) is 9.07. The van der Waals surface area contributed by atoms with Crippen molar-refractivity contribution in [3.05, 3.63) is 36.2 Å². The van der Waals surface area contributed by atoms with Crippen molar-refractivity contribution in [1.82, 2.24) is 9.97 Å². The van der Waals surface area contributed by atoms with Crippen LogP contribution in [0.15, 0.2) is 30.5 Å². The molecule has 0 atom stereocenters. The van der Waals surface area contributed by atoms with Crippen molar-refractivity contribution >= 4 is 11.0 Å². The van der Waals surface area contributed by atoms with Crippen LogP contribution < -0.4 is 5.73 Å². The first-order valence-electron chi connectivity index (χ1n) is 5.04. The molecule has 0 amide bonds. The maximum Gasteiger partial charge on any atom is 0.0890 e. The zero-order chi connectivity index (χ0) is 10.9. The van der Waals surface area contributed by atoms with Crippen LogP contribution in [0.2, 0.25) is 0 Å². The molecular weight excluding hydrogens is 186 g/mol. The lowest BCUT2D eigenvalue weighted by Gasteiger charge is -2.17. The predicted octanol–water partition coefficient (Wildman–Crippen LogP) is 1.91. The van der Waals surface area contributed by atoms with E-state index < -0.39 is 0 Å². The molecule has 1 heterocycles. The van der Waals surface area contributed by atoms with Crippen molar-refractivity contribution < 1.29 is 0 Å². The molecule has 0 aliphatic carbocycles. The van der Waals surface area contributed by atoms with Gasteiger partial charge in [-0.15, -0.1) is 0 Å². The van der Waals surface area contributed by atoms with Gasteiger partial charge in [0.05, 0.1) is 16.7 Å². The summed E-state index contributed by atoms with van der Waals surface area (Å²) in [6, 6.07) is 7.85. The van der Waals surface area contributed by atoms with Crippen LogP contribution in [0, 0.1) is 0 Å². The van der Waals surface area contributed by atoms with Crippen LogP contribution in [-0.2, 0) is 6.42 Å². The quantitative estimate of drug-likeness (QED) is 0.807. The van der Waals surface area contributed by atoms with Gasteiger partial charge in [-0.2, -0.15) is 0 Å². The van der Waals surface area contributed by atoms with Gasteiger partial charge in [-0.1, -0.05) is 12.1 Å². The molecule has 15 heavy (non-hydrogen) atoms. The van der Waals surface area contributed by atoms with Gasteiger partial charge in [-0.25, -0.2) is 4.98 Å². The third kappa shape index (κ3) is 2.50. The SMILES string of the molecule is CC(C)(N)Cc1cnc2ccccc2n1. The van der Waals surface area contributed by atoms with Gasteiger partial charge in [0.15, 0.2) is 0 Å². The number of hydrogen-bond acceptors (Lipinski definition) is 3. The zero-order valence-corrected chi connectivity index (χ0v) is 9.07. The second kappa shape index (κ2) is 3.59. The van der Waals surface area contributed by atoms with E-state index in [4.69, 9.17) is 5.73 Å². The van der Waals surface area contributed by atoms with Crippen molar-refractivity contribution in [3.8, 4) is 0 Å². The molecule has 0 bridgehead atoms. The van der Waals surface area contributed by atoms with Crippen LogP contribution in [0.25, 0.3) is 11.0 Å². The highest BCUT2D eigenvalue weighted by molar-refractivity contribution is 5.73. The Labute approximate surface area is 89.4 Å². The molecular formula is C12H15N3. The van der Waals surface area contributed by atoms with Crippen LogP contribution >= 0.6 is 0 Å². The molecule has 0 aliphatic heterocycles. The molecule has 3 heteroatoms. The van der Waals surface area contributed by atoms with E-state index in [9.17, 15) is 0 Å². The molecule has 0 saturated carbocycles. The number of rotatable bonds is 2. The summed E-state index contributed by atoms with van der Waals surface area (Å²) in [6.45, 7) is 3.98. The van der Waals surface area contributed by atoms with Gasteiger partial charge in [0, 0.05) is 18.2 Å². The molecule has 0 radical (unpaired) electrons. The van der Waals surface area contributed by atoms with Gasteiger partial charge >= 0.3 is 0 Å². The largest absolute Gasteiger partial charge is 0.325 e. The average molecular weight is 201 g/mol. The Hall–Kier alpha value is -1.48. The molecule has 1 aromatic heterocycles. The van der Waals surface area contributed by atoms with E-state index >= 15 is 0 Å². The fraction of sp³-hybridized carbons (Fsp3) is 0.333. The first kappa shape index (κ1) is 10.1. The minimum Gasteiger partial charge on any atom is -0.325 e. The average Bonchev–Trinajstić information content (AvgIpc) is 2.15. The van der Waals surface area contributed by atoms with E-state index in [2.05, 4.69) is 9.97 Å². The maximum absolute atomic E-state index is 5.94. The molecule has 2 aromatic rings. The van der Waals surface area contributed by atoms with Crippen molar-refractivity contribution in [2.24, 2.45) is 5.73 Å². The molecule has 0 saturated heterocycles. The normalized spacial score (nSPS) is 11.9. The third-order valence-electron chi connectivity index (χ3n) is 2.14. The van der Waals surface area contributed by atoms with Gasteiger partial charge in [-0.3, -0.25) is 4.98 Å². The third-order valence-corrected chi connectivity index (χ3v) is 2.14. The highest BCUT2D eigenvalue weighted by atomic mass is 14.8. The van der Waals surface area contributed by atoms with Crippen molar-refractivity contribution in [2.45, 2.75) is 25.8 Å². The summed E-state index contributed by atoms with van der Waals surface area (Å²) in [5, 5.41) is 0. The van der Waals surface area contributed by atoms with Crippen LogP contribution in [0.3, 0.4) is 0 Å². The van der Waals surface area contributed by atoms with E-state index in [0.717, 1.165) is 23.1 Å². The van der Waals surface area contributed by atoms with Crippen molar-refractivity contribution in [3.63, 3.8) is 0 Å². The fourth-order valence-electron chi connectivity index (χ4n) is 1.55. The molecule has 0 aliphatic rings. The Balaban J connectivity index is 2.39. The molecule has 0 unspecified atom stereocenters. The lowest BCUT2D eigenvalue weighted by Crippen LogP contribution is -2.34. The van der Waals surface area contributed by atoms with Crippen LogP contribution in [0.1, 0.15) is 19.5 Å². The Morgan fingerprint density at radius 2 is 1.87 bits per heavy atom. The summed E-state index contributed by atoms with van der Waals surface area (Å²) < 4.78 is 0. The van der Waals surface area contributed by atoms with Crippen LogP contribution in [-0.4, -0.2) is 15.5 Å². The second-order valence-electron chi connectivity index (χ2n) is 4.52. The topological polar surface area (TPSA) is 51.8 Å². The molecule has 3 nitrogen and oxygen atoms in total. The lowest BCUT2D eigenvalue weighted by molar-refractivity contribution is 0.510. The Bertz CT molecular complexity index is 471. The molecule has 1 aromatic carbocycles. The first-order chi connectivity index (χ1) is 7.04. The number of benzene rings is 1. The monoisotopic (exact) mass is 201 g/mol. The Kier molecular flexibility index (Phi) is 2.40. The summed E-state index contributed by atoms with van der Waals surface area (Å²) in [4.78, 5) is 8.87. The first-order valence-corrected chi connectivity index (χ1v) is 5.04. The van der Waals surface area contributed by atoms with E-state index in [1.165, 1.54) is 0 Å². The minimum atomic E-state index is -0.239. The molecule has 78 valence electrons. The number of nitrogens with zero attached hydrogens (tertiary/aromatic N) is 2. The predicted molar refractivity (Wildman–Crippen MR) is 61.5 cm³/mol. The number of para-hydroxylation sites is 2. The van der Waals surface area contributed by atoms with Crippen molar-refractivity contribution in [2.75, 3.05) is 0 Å². The summed E-state index contributed by atoms with van der Waals surface area (Å²) >= 11 is 0. The Morgan fingerprint density at radius 3 is 2.53 bits per heavy atom. The van der Waals surface area contributed by atoms with Crippen LogP contribution in [0.5, 0.6) is 0 Å². The van der Waals surface area contributed by atoms with E-state index in [1.807, 2.05) is 38.1 Å². The standard InChI is InChI=1S/C12H15N3/c1-12(2,13)7-9-8-14-10-5-3-4-6-11(10)15-9/h3-6,8H,7,13H2,1-2H3. The highest BCUT2D eigenvalue weighted by Crippen LogP contribution is 2.12. The summed E-state index contributed by atoms with van der Waals surface area (Å²) in [5.74, 6) is 0.